The van der Waals surface area contributed by atoms with Crippen LogP contribution in [0.25, 0.3) is 0 Å². The van der Waals surface area contributed by atoms with Crippen molar-refractivity contribution in [3.63, 3.8) is 0 Å². The summed E-state index contributed by atoms with van der Waals surface area (Å²) in [6.07, 6.45) is -0.971. The molecular formula is C25H24N2O7. The monoisotopic (exact) mass is 467 g/mol. The van der Waals surface area contributed by atoms with Crippen LogP contribution in [0.1, 0.15) is 44.5 Å². The lowest BCUT2D eigenvalue weighted by Gasteiger charge is -2.19. The fraction of sp³-hybridized carbons (Fsp3) is 0.280. The molecule has 34 heavy (non-hydrogen) atoms. The van der Waals surface area contributed by atoms with Gasteiger partial charge in [0, 0.05) is 18.7 Å². The number of hydrogen-bond donors (Lipinski definition) is 1. The summed E-state index contributed by atoms with van der Waals surface area (Å²) >= 11 is 0. The van der Waals surface area contributed by atoms with Gasteiger partial charge in [-0.2, -0.15) is 0 Å². The topological polar surface area (TPSA) is 117 Å². The van der Waals surface area contributed by atoms with Crippen molar-refractivity contribution in [1.29, 1.82) is 0 Å². The maximum atomic E-state index is 12.7. The number of rotatable bonds is 6. The van der Waals surface area contributed by atoms with E-state index in [4.69, 9.17) is 14.2 Å². The molecule has 1 N–H and O–H groups in total. The van der Waals surface area contributed by atoms with E-state index in [0.29, 0.717) is 11.1 Å². The minimum Gasteiger partial charge on any atom is -0.459 e. The van der Waals surface area contributed by atoms with Gasteiger partial charge in [0.25, 0.3) is 5.56 Å². The van der Waals surface area contributed by atoms with Crippen molar-refractivity contribution in [2.24, 2.45) is 0 Å². The van der Waals surface area contributed by atoms with E-state index in [2.05, 4.69) is 4.98 Å². The SMILES string of the molecule is Cc1ccc(C(=O)OC[C@H]2O[C@@H]([15n]3ccc(=O)[15nH][13c]3=O)C[C@H]2OC(=O)c2ccc(C)cc2)cc1. The quantitative estimate of drug-likeness (QED) is 0.554. The van der Waals surface area contributed by atoms with E-state index in [1.165, 1.54) is 16.8 Å². The molecule has 4 rings (SSSR count). The highest BCUT2D eigenvalue weighted by atomic mass is 16.6. The third-order valence-electron chi connectivity index (χ3n) is 5.55. The zero-order valence-corrected chi connectivity index (χ0v) is 18.7. The van der Waals surface area contributed by atoms with Gasteiger partial charge < -0.3 is 14.2 Å². The second-order valence-corrected chi connectivity index (χ2v) is 8.16. The number of esters is 2. The molecule has 0 radical (unpaired) electrons. The number of hydrogen-bond acceptors (Lipinski definition) is 7. The summed E-state index contributed by atoms with van der Waals surface area (Å²) in [6.45, 7) is 3.63. The van der Waals surface area contributed by atoms with Crippen molar-refractivity contribution in [2.75, 3.05) is 6.61 Å². The van der Waals surface area contributed by atoms with Crippen LogP contribution >= 0.6 is 0 Å². The Balaban J connectivity index is 1.51. The van der Waals surface area contributed by atoms with Crippen molar-refractivity contribution in [3.8, 4) is 0 Å². The Hall–Kier alpha value is -3.98. The molecule has 9 heteroatoms. The summed E-state index contributed by atoms with van der Waals surface area (Å²) in [5.74, 6) is -1.10. The lowest BCUT2D eigenvalue weighted by molar-refractivity contribution is -0.0582. The number of nitrogens with zero attached hydrogens (tertiary/aromatic N) is 1. The van der Waals surface area contributed by atoms with Gasteiger partial charge in [0.2, 0.25) is 0 Å². The number of nitrogens with one attached hydrogen (secondary N) is 1. The Kier molecular flexibility index (Phi) is 6.74. The van der Waals surface area contributed by atoms with E-state index < -0.39 is 41.6 Å². The van der Waals surface area contributed by atoms with Crippen molar-refractivity contribution < 1.29 is 23.8 Å². The molecule has 0 saturated carbocycles. The van der Waals surface area contributed by atoms with Crippen LogP contribution in [0.4, 0.5) is 0 Å². The average Bonchev–Trinajstić information content (AvgIpc) is 3.20. The molecule has 9 nitrogen and oxygen atoms in total. The van der Waals surface area contributed by atoms with Gasteiger partial charge in [0.1, 0.15) is 25.0 Å². The van der Waals surface area contributed by atoms with Crippen LogP contribution in [0.15, 0.2) is 70.4 Å². The van der Waals surface area contributed by atoms with Crippen LogP contribution in [-0.2, 0) is 14.2 Å². The first-order valence-corrected chi connectivity index (χ1v) is 10.8. The summed E-state index contributed by atoms with van der Waals surface area (Å²) in [6, 6.07) is 15.0. The summed E-state index contributed by atoms with van der Waals surface area (Å²) in [5.41, 5.74) is 1.56. The fourth-order valence-corrected chi connectivity index (χ4v) is 3.63. The zero-order valence-electron chi connectivity index (χ0n) is 18.7. The molecule has 2 aromatic carbocycles. The molecule has 0 unspecified atom stereocenters. The summed E-state index contributed by atoms with van der Waals surface area (Å²) in [4.78, 5) is 51.0. The molecule has 1 fully saturated rings. The Morgan fingerprint density at radius 1 is 0.941 bits per heavy atom. The number of H-pyrrole nitrogens is 1. The molecule has 3 atom stereocenters. The van der Waals surface area contributed by atoms with Crippen molar-refractivity contribution in [2.45, 2.75) is 38.7 Å². The fourth-order valence-electron chi connectivity index (χ4n) is 3.63. The summed E-state index contributed by atoms with van der Waals surface area (Å²) in [7, 11) is 0. The molecule has 0 spiro atoms. The van der Waals surface area contributed by atoms with Gasteiger partial charge in [0.15, 0.2) is 0 Å². The Morgan fingerprint density at radius 3 is 2.12 bits per heavy atom. The molecule has 0 bridgehead atoms. The number of ether oxygens (including phenoxy) is 3. The van der Waals surface area contributed by atoms with Crippen LogP contribution in [-0.4, -0.2) is 40.3 Å². The second kappa shape index (κ2) is 9.88. The molecule has 176 valence electrons. The van der Waals surface area contributed by atoms with Gasteiger partial charge in [-0.1, -0.05) is 35.4 Å². The van der Waals surface area contributed by atoms with Gasteiger partial charge in [-0.25, -0.2) is 14.4 Å². The molecule has 0 amide bonds. The third-order valence-corrected chi connectivity index (χ3v) is 5.55. The number of benzene rings is 2. The van der Waals surface area contributed by atoms with Crippen LogP contribution in [0.2, 0.25) is 0 Å². The molecule has 1 aliphatic rings. The molecule has 0 aliphatic carbocycles. The predicted molar refractivity (Wildman–Crippen MR) is 122 cm³/mol. The Bertz CT molecular complexity index is 1290. The number of carbonyl (C=O) groups is 2. The minimum absolute atomic E-state index is 0.135. The van der Waals surface area contributed by atoms with Crippen LogP contribution in [0.5, 0.6) is 0 Å². The molecule has 1 saturated heterocycles. The maximum absolute atomic E-state index is 12.7. The Morgan fingerprint density at radius 2 is 1.53 bits per heavy atom. The lowest BCUT2D eigenvalue weighted by Crippen LogP contribution is -2.32. The molecule has 1 aliphatic heterocycles. The summed E-state index contributed by atoms with van der Waals surface area (Å²) in [5, 5.41) is 0. The van der Waals surface area contributed by atoms with E-state index in [1.54, 1.807) is 48.5 Å². The van der Waals surface area contributed by atoms with E-state index in [1.807, 2.05) is 13.8 Å². The van der Waals surface area contributed by atoms with Gasteiger partial charge >= 0.3 is 17.6 Å². The van der Waals surface area contributed by atoms with Gasteiger partial charge in [-0.05, 0) is 38.1 Å². The number of aryl methyl sites for hydroxylation is 2. The summed E-state index contributed by atoms with van der Waals surface area (Å²) < 4.78 is 18.2. The largest absolute Gasteiger partial charge is 0.459 e. The van der Waals surface area contributed by atoms with E-state index in [-0.39, 0.29) is 13.0 Å². The first-order chi connectivity index (χ1) is 16.3. The number of carbonyl (C=O) groups excluding carboxylic acids is 2. The third kappa shape index (κ3) is 5.32. The van der Waals surface area contributed by atoms with Crippen molar-refractivity contribution >= 4 is 11.9 Å². The molecule has 3 aromatic rings. The van der Waals surface area contributed by atoms with Gasteiger partial charge in [-0.3, -0.25) is 14.3 Å². The average molecular weight is 467 g/mol. The van der Waals surface area contributed by atoms with E-state index >= 15 is 0 Å². The smallest absolute Gasteiger partial charge is 0.338 e. The first kappa shape index (κ1) is 23.2. The maximum Gasteiger partial charge on any atom is 0.338 e. The van der Waals surface area contributed by atoms with Crippen LogP contribution < -0.4 is 11.2 Å². The van der Waals surface area contributed by atoms with Crippen molar-refractivity contribution in [1.82, 2.24) is 9.55 Å². The predicted octanol–water partition coefficient (Wildman–Crippen LogP) is 2.52. The highest BCUT2D eigenvalue weighted by molar-refractivity contribution is 5.90. The van der Waals surface area contributed by atoms with E-state index in [0.717, 1.165) is 11.1 Å². The molecule has 1 aromatic heterocycles. The van der Waals surface area contributed by atoms with Crippen LogP contribution in [0, 0.1) is 13.8 Å². The zero-order chi connectivity index (χ0) is 24.2. The lowest BCUT2D eigenvalue weighted by atomic mass is 10.1. The van der Waals surface area contributed by atoms with Crippen molar-refractivity contribution in [3.05, 3.63) is 104 Å². The minimum atomic E-state index is -0.816. The normalized spacial score (nSPS) is 19.5. The first-order valence-electron chi connectivity index (χ1n) is 10.8. The molecular weight excluding hydrogens is 443 g/mol. The Labute approximate surface area is 194 Å². The van der Waals surface area contributed by atoms with Gasteiger partial charge in [0.05, 0.1) is 11.1 Å². The molecule has 2 heterocycles. The highest BCUT2D eigenvalue weighted by Gasteiger charge is 2.40. The van der Waals surface area contributed by atoms with Gasteiger partial charge in [-0.15, -0.1) is 0 Å². The second-order valence-electron chi connectivity index (χ2n) is 8.16. The standard InChI is InChI=1S/C25H24N2O7/c1-15-3-7-17(8-4-15)23(29)32-14-20-19(34-24(30)18-9-5-16(2)6-10-18)13-22(33-20)27-12-11-21(28)26-25(27)31/h3-12,19-20,22H,13-14H2,1-2H3,(H,26,28,31)/t19-,20-,22-/m1/s1/i25+1,26+1,27+1. The number of aromatic nitrogens is 2. The highest BCUT2D eigenvalue weighted by Crippen LogP contribution is 2.31. The van der Waals surface area contributed by atoms with Crippen LogP contribution in [0.3, 0.4) is 0 Å². The van der Waals surface area contributed by atoms with E-state index in [9.17, 15) is 19.2 Å². The number of aromatic amines is 1.